The minimum absolute atomic E-state index is 0.267. The number of ether oxygens (including phenoxy) is 1. The summed E-state index contributed by atoms with van der Waals surface area (Å²) in [6.45, 7) is 1.71. The van der Waals surface area contributed by atoms with E-state index in [0.717, 1.165) is 4.90 Å². The van der Waals surface area contributed by atoms with Crippen molar-refractivity contribution in [2.75, 3.05) is 17.7 Å². The molecule has 1 unspecified atom stereocenters. The molecule has 170 valence electrons. The van der Waals surface area contributed by atoms with E-state index in [1.54, 1.807) is 56.5 Å². The topological polar surface area (TPSA) is 125 Å². The Labute approximate surface area is 194 Å². The van der Waals surface area contributed by atoms with Gasteiger partial charge in [-0.2, -0.15) is 0 Å². The number of aromatic hydroxyl groups is 1. The molecule has 2 amide bonds. The van der Waals surface area contributed by atoms with Gasteiger partial charge in [-0.15, -0.1) is 11.8 Å². The Hall–Kier alpha value is -3.98. The number of rotatable bonds is 8. The van der Waals surface area contributed by atoms with Crippen LogP contribution in [0.4, 0.5) is 11.4 Å². The van der Waals surface area contributed by atoms with Crippen LogP contribution >= 0.6 is 11.8 Å². The highest BCUT2D eigenvalue weighted by Gasteiger charge is 2.17. The van der Waals surface area contributed by atoms with Crippen LogP contribution in [-0.2, 0) is 4.79 Å². The lowest BCUT2D eigenvalue weighted by atomic mass is 10.2. The van der Waals surface area contributed by atoms with E-state index in [0.29, 0.717) is 17.0 Å². The van der Waals surface area contributed by atoms with Crippen LogP contribution in [0.1, 0.15) is 27.6 Å². The van der Waals surface area contributed by atoms with Crippen LogP contribution in [0, 0.1) is 0 Å². The number of anilines is 2. The van der Waals surface area contributed by atoms with Gasteiger partial charge < -0.3 is 25.6 Å². The largest absolute Gasteiger partial charge is 0.507 e. The molecule has 0 fully saturated rings. The van der Waals surface area contributed by atoms with Crippen LogP contribution in [0.3, 0.4) is 0 Å². The standard InChI is InChI=1S/C24H22N2O6S/c1-14(22(28)25-17-8-11-21(27)20(13-17)24(30)31)33-19-5-3-4-16(12-19)26-23(29)15-6-9-18(32-2)10-7-15/h3-14,27H,1-2H3,(H,25,28)(H,26,29)(H,30,31). The van der Waals surface area contributed by atoms with E-state index in [-0.39, 0.29) is 28.8 Å². The highest BCUT2D eigenvalue weighted by molar-refractivity contribution is 8.00. The van der Waals surface area contributed by atoms with Crippen molar-refractivity contribution in [3.05, 3.63) is 77.9 Å². The maximum absolute atomic E-state index is 12.6. The Kier molecular flexibility index (Phi) is 7.57. The van der Waals surface area contributed by atoms with Gasteiger partial charge in [-0.1, -0.05) is 6.07 Å². The Bertz CT molecular complexity index is 1180. The number of thioether (sulfide) groups is 1. The fourth-order valence-corrected chi connectivity index (χ4v) is 3.81. The monoisotopic (exact) mass is 466 g/mol. The molecule has 0 bridgehead atoms. The quantitative estimate of drug-likeness (QED) is 0.285. The van der Waals surface area contributed by atoms with Gasteiger partial charge in [-0.25, -0.2) is 4.79 Å². The number of carboxylic acids is 1. The minimum Gasteiger partial charge on any atom is -0.507 e. The number of benzene rings is 3. The second kappa shape index (κ2) is 10.6. The van der Waals surface area contributed by atoms with Crippen molar-refractivity contribution < 1.29 is 29.3 Å². The number of hydrogen-bond acceptors (Lipinski definition) is 6. The summed E-state index contributed by atoms with van der Waals surface area (Å²) >= 11 is 1.28. The first-order chi connectivity index (χ1) is 15.8. The highest BCUT2D eigenvalue weighted by atomic mass is 32.2. The third-order valence-corrected chi connectivity index (χ3v) is 5.71. The molecule has 0 aliphatic rings. The number of carbonyl (C=O) groups is 3. The van der Waals surface area contributed by atoms with E-state index >= 15 is 0 Å². The van der Waals surface area contributed by atoms with Crippen molar-refractivity contribution in [1.29, 1.82) is 0 Å². The molecule has 0 saturated carbocycles. The van der Waals surface area contributed by atoms with Crippen molar-refractivity contribution in [1.82, 2.24) is 0 Å². The summed E-state index contributed by atoms with van der Waals surface area (Å²) in [5.74, 6) is -1.62. The zero-order valence-electron chi connectivity index (χ0n) is 17.9. The molecule has 3 rings (SSSR count). The SMILES string of the molecule is COc1ccc(C(=O)Nc2cccc(SC(C)C(=O)Nc3ccc(O)c(C(=O)O)c3)c2)cc1. The van der Waals surface area contributed by atoms with Gasteiger partial charge in [0.15, 0.2) is 0 Å². The van der Waals surface area contributed by atoms with Gasteiger partial charge in [-0.05, 0) is 67.6 Å². The Morgan fingerprint density at radius 2 is 1.64 bits per heavy atom. The summed E-state index contributed by atoms with van der Waals surface area (Å²) in [5.41, 5.74) is 1.03. The van der Waals surface area contributed by atoms with Crippen LogP contribution < -0.4 is 15.4 Å². The summed E-state index contributed by atoms with van der Waals surface area (Å²) in [6.07, 6.45) is 0. The highest BCUT2D eigenvalue weighted by Crippen LogP contribution is 2.28. The number of amides is 2. The molecule has 3 aromatic rings. The van der Waals surface area contributed by atoms with Gasteiger partial charge in [0.05, 0.1) is 12.4 Å². The average molecular weight is 467 g/mol. The maximum atomic E-state index is 12.6. The molecule has 0 aliphatic carbocycles. The lowest BCUT2D eigenvalue weighted by Crippen LogP contribution is -2.22. The number of carboxylic acid groups (broad SMARTS) is 1. The molecule has 4 N–H and O–H groups in total. The van der Waals surface area contributed by atoms with Crippen molar-refractivity contribution in [3.63, 3.8) is 0 Å². The number of phenols is 1. The molecule has 0 radical (unpaired) electrons. The third-order valence-electron chi connectivity index (χ3n) is 4.62. The van der Waals surface area contributed by atoms with Gasteiger partial charge in [0.25, 0.3) is 5.91 Å². The van der Waals surface area contributed by atoms with Gasteiger partial charge >= 0.3 is 5.97 Å². The van der Waals surface area contributed by atoms with Gasteiger partial charge in [-0.3, -0.25) is 9.59 Å². The molecule has 0 saturated heterocycles. The molecule has 1 atom stereocenters. The van der Waals surface area contributed by atoms with E-state index in [2.05, 4.69) is 10.6 Å². The summed E-state index contributed by atoms with van der Waals surface area (Å²) < 4.78 is 5.09. The first-order valence-electron chi connectivity index (χ1n) is 9.86. The molecule has 0 aliphatic heterocycles. The first kappa shape index (κ1) is 23.7. The lowest BCUT2D eigenvalue weighted by molar-refractivity contribution is -0.115. The second-order valence-corrected chi connectivity index (χ2v) is 8.41. The number of methoxy groups -OCH3 is 1. The molecular formula is C24H22N2O6S. The first-order valence-corrected chi connectivity index (χ1v) is 10.7. The Balaban J connectivity index is 1.63. The van der Waals surface area contributed by atoms with Crippen LogP contribution in [-0.4, -0.2) is 40.4 Å². The van der Waals surface area contributed by atoms with Crippen molar-refractivity contribution in [2.45, 2.75) is 17.1 Å². The predicted octanol–water partition coefficient (Wildman–Crippen LogP) is 4.47. The van der Waals surface area contributed by atoms with Crippen LogP contribution in [0.5, 0.6) is 11.5 Å². The smallest absolute Gasteiger partial charge is 0.339 e. The number of carbonyl (C=O) groups excluding carboxylic acids is 2. The molecule has 0 spiro atoms. The molecule has 3 aromatic carbocycles. The van der Waals surface area contributed by atoms with Gasteiger partial charge in [0, 0.05) is 21.8 Å². The molecule has 9 heteroatoms. The summed E-state index contributed by atoms with van der Waals surface area (Å²) in [5, 5.41) is 23.7. The maximum Gasteiger partial charge on any atom is 0.339 e. The zero-order chi connectivity index (χ0) is 24.0. The summed E-state index contributed by atoms with van der Waals surface area (Å²) in [7, 11) is 1.55. The number of aromatic carboxylic acids is 1. The molecule has 8 nitrogen and oxygen atoms in total. The predicted molar refractivity (Wildman–Crippen MR) is 126 cm³/mol. The molecule has 0 aromatic heterocycles. The normalized spacial score (nSPS) is 11.3. The number of hydrogen-bond donors (Lipinski definition) is 4. The van der Waals surface area contributed by atoms with E-state index in [9.17, 15) is 19.5 Å². The van der Waals surface area contributed by atoms with Gasteiger partial charge in [0.1, 0.15) is 17.1 Å². The van der Waals surface area contributed by atoms with Crippen LogP contribution in [0.2, 0.25) is 0 Å². The molecule has 0 heterocycles. The van der Waals surface area contributed by atoms with E-state index in [1.807, 2.05) is 6.07 Å². The summed E-state index contributed by atoms with van der Waals surface area (Å²) in [4.78, 5) is 37.0. The fourth-order valence-electron chi connectivity index (χ4n) is 2.88. The average Bonchev–Trinajstić information content (AvgIpc) is 2.80. The lowest BCUT2D eigenvalue weighted by Gasteiger charge is -2.14. The zero-order valence-corrected chi connectivity index (χ0v) is 18.7. The van der Waals surface area contributed by atoms with Gasteiger partial charge in [0.2, 0.25) is 5.91 Å². The van der Waals surface area contributed by atoms with E-state index in [1.165, 1.54) is 30.0 Å². The van der Waals surface area contributed by atoms with E-state index < -0.39 is 11.2 Å². The fraction of sp³-hybridized carbons (Fsp3) is 0.125. The van der Waals surface area contributed by atoms with E-state index in [4.69, 9.17) is 9.84 Å². The van der Waals surface area contributed by atoms with Crippen molar-refractivity contribution in [2.24, 2.45) is 0 Å². The third kappa shape index (κ3) is 6.27. The van der Waals surface area contributed by atoms with Crippen LogP contribution in [0.15, 0.2) is 71.6 Å². The number of nitrogens with one attached hydrogen (secondary N) is 2. The van der Waals surface area contributed by atoms with Crippen LogP contribution in [0.25, 0.3) is 0 Å². The molecule has 33 heavy (non-hydrogen) atoms. The second-order valence-electron chi connectivity index (χ2n) is 7.00. The Morgan fingerprint density at radius 3 is 2.30 bits per heavy atom. The minimum atomic E-state index is -1.29. The van der Waals surface area contributed by atoms with Crippen molar-refractivity contribution >= 4 is 40.9 Å². The molecular weight excluding hydrogens is 444 g/mol. The Morgan fingerprint density at radius 1 is 0.939 bits per heavy atom. The summed E-state index contributed by atoms with van der Waals surface area (Å²) in [6, 6.07) is 17.7. The van der Waals surface area contributed by atoms with Crippen molar-refractivity contribution in [3.8, 4) is 11.5 Å².